The number of carboxylic acids is 1. The number of hydrazone groups is 1. The van der Waals surface area contributed by atoms with Crippen LogP contribution in [-0.4, -0.2) is 75.9 Å². The molecule has 0 unspecified atom stereocenters. The van der Waals surface area contributed by atoms with E-state index >= 15 is 0 Å². The van der Waals surface area contributed by atoms with Crippen molar-refractivity contribution in [2.24, 2.45) is 5.10 Å². The maximum atomic E-state index is 12.5. The Balaban J connectivity index is 0.00000320. The van der Waals surface area contributed by atoms with Crippen LogP contribution in [0.5, 0.6) is 0 Å². The number of rotatable bonds is 5. The summed E-state index contributed by atoms with van der Waals surface area (Å²) in [5.41, 5.74) is 2.70. The molecule has 3 rings (SSSR count). The number of nitrogens with one attached hydrogen (secondary N) is 1. The molecule has 0 bridgehead atoms. The van der Waals surface area contributed by atoms with Crippen molar-refractivity contribution >= 4 is 96.4 Å². The van der Waals surface area contributed by atoms with Gasteiger partial charge in [0.2, 0.25) is 5.78 Å². The third-order valence-electron chi connectivity index (χ3n) is 4.28. The number of benzene rings is 2. The van der Waals surface area contributed by atoms with Crippen molar-refractivity contribution in [3.8, 4) is 0 Å². The van der Waals surface area contributed by atoms with Gasteiger partial charge in [-0.3, -0.25) is 10.2 Å². The van der Waals surface area contributed by atoms with Crippen molar-refractivity contribution < 1.29 is 27.7 Å². The first-order valence-electron chi connectivity index (χ1n) is 8.32. The van der Waals surface area contributed by atoms with E-state index in [2.05, 4.69) is 10.5 Å². The summed E-state index contributed by atoms with van der Waals surface area (Å²) < 4.78 is 34.8. The van der Waals surface area contributed by atoms with E-state index in [0.717, 1.165) is 6.07 Å². The number of halogens is 1. The molecule has 0 aliphatic heterocycles. The molecule has 0 saturated carbocycles. The molecule has 0 atom stereocenters. The van der Waals surface area contributed by atoms with Gasteiger partial charge in [0.15, 0.2) is 0 Å². The predicted octanol–water partition coefficient (Wildman–Crippen LogP) is 0.958. The van der Waals surface area contributed by atoms with Gasteiger partial charge in [-0.15, -0.1) is 0 Å². The Labute approximate surface area is 214 Å². The molecule has 0 radical (unpaired) electrons. The maximum absolute atomic E-state index is 12.5. The Morgan fingerprint density at radius 1 is 1.23 bits per heavy atom. The molecule has 30 heavy (non-hydrogen) atoms. The molecular weight excluding hydrogens is 507 g/mol. The zero-order valence-corrected chi connectivity index (χ0v) is 20.7. The minimum atomic E-state index is -4.90. The average molecular weight is 520 g/mol. The van der Waals surface area contributed by atoms with Crippen LogP contribution in [-0.2, 0) is 26.1 Å². The van der Waals surface area contributed by atoms with E-state index in [9.17, 15) is 27.7 Å². The molecule has 8 nitrogen and oxygen atoms in total. The van der Waals surface area contributed by atoms with Gasteiger partial charge in [-0.05, 0) is 35.8 Å². The van der Waals surface area contributed by atoms with Gasteiger partial charge >= 0.3 is 45.5 Å². The van der Waals surface area contributed by atoms with E-state index in [1.54, 1.807) is 31.2 Å². The summed E-state index contributed by atoms with van der Waals surface area (Å²) in [7, 11) is -4.90. The second kappa shape index (κ2) is 9.73. The first-order chi connectivity index (χ1) is 13.6. The fourth-order valence-corrected chi connectivity index (χ4v) is 3.85. The number of carbonyl (C=O) groups excluding carboxylic acids is 2. The van der Waals surface area contributed by atoms with Gasteiger partial charge in [0.05, 0.1) is 16.6 Å². The molecule has 11 heteroatoms. The first-order valence-corrected chi connectivity index (χ1v) is 10.1. The van der Waals surface area contributed by atoms with E-state index < -0.39 is 32.3 Å². The summed E-state index contributed by atoms with van der Waals surface area (Å²) in [6.07, 6.45) is 1.62. The number of anilines is 1. The second-order valence-corrected chi connectivity index (χ2v) is 7.84. The number of aliphatic carboxylic acids is 1. The smallest absolute Gasteiger partial charge is 0.744 e. The molecule has 0 fully saturated rings. The van der Waals surface area contributed by atoms with E-state index in [1.807, 2.05) is 0 Å². The summed E-state index contributed by atoms with van der Waals surface area (Å²) in [6, 6.07) is 8.77. The van der Waals surface area contributed by atoms with Gasteiger partial charge in [-0.1, -0.05) is 42.8 Å². The largest absolute Gasteiger partial charge is 2.00 e. The van der Waals surface area contributed by atoms with Crippen molar-refractivity contribution in [1.82, 2.24) is 0 Å². The molecule has 0 amide bonds. The molecular formula is C19H13ClN2O6SSr. The molecule has 2 aromatic carbocycles. The second-order valence-electron chi connectivity index (χ2n) is 6.08. The van der Waals surface area contributed by atoms with Crippen LogP contribution < -0.4 is 10.5 Å². The summed E-state index contributed by atoms with van der Waals surface area (Å²) in [5, 5.41) is 15.3. The van der Waals surface area contributed by atoms with E-state index in [1.165, 1.54) is 12.1 Å². The summed E-state index contributed by atoms with van der Waals surface area (Å²) in [6.45, 7) is 1.78. The number of carbonyl (C=O) groups is 2. The summed E-state index contributed by atoms with van der Waals surface area (Å²) >= 11 is 6.00. The Morgan fingerprint density at radius 3 is 2.50 bits per heavy atom. The van der Waals surface area contributed by atoms with Crippen LogP contribution in [0, 0.1) is 0 Å². The van der Waals surface area contributed by atoms with Crippen molar-refractivity contribution in [3.05, 3.63) is 63.7 Å². The van der Waals surface area contributed by atoms with E-state index in [4.69, 9.17) is 11.6 Å². The Hall–Kier alpha value is -1.53. The molecule has 1 aliphatic rings. The van der Waals surface area contributed by atoms with Crippen LogP contribution in [0.4, 0.5) is 5.69 Å². The molecule has 0 saturated heterocycles. The van der Waals surface area contributed by atoms with Gasteiger partial charge < -0.3 is 14.5 Å². The molecule has 0 aromatic heterocycles. The van der Waals surface area contributed by atoms with Crippen LogP contribution in [0.25, 0.3) is 6.08 Å². The van der Waals surface area contributed by atoms with Crippen LogP contribution in [0.3, 0.4) is 0 Å². The van der Waals surface area contributed by atoms with Crippen LogP contribution in [0.2, 0.25) is 5.02 Å². The normalized spacial score (nSPS) is 14.6. The Kier molecular flexibility index (Phi) is 8.03. The van der Waals surface area contributed by atoms with Crippen molar-refractivity contribution in [1.29, 1.82) is 0 Å². The van der Waals surface area contributed by atoms with Gasteiger partial charge in [0, 0.05) is 16.2 Å². The monoisotopic (exact) mass is 520 g/mol. The van der Waals surface area contributed by atoms with Crippen molar-refractivity contribution in [3.63, 3.8) is 0 Å². The molecule has 0 heterocycles. The minimum Gasteiger partial charge on any atom is -0.744 e. The fourth-order valence-electron chi connectivity index (χ4n) is 2.85. The topological polar surface area (TPSA) is 139 Å². The number of carboxylic acid groups (broad SMARTS) is 1. The number of ketones is 1. The Morgan fingerprint density at radius 2 is 1.90 bits per heavy atom. The van der Waals surface area contributed by atoms with Crippen molar-refractivity contribution in [2.75, 3.05) is 5.43 Å². The van der Waals surface area contributed by atoms with Gasteiger partial charge in [-0.25, -0.2) is 8.42 Å². The summed E-state index contributed by atoms with van der Waals surface area (Å²) in [4.78, 5) is 23.2. The van der Waals surface area contributed by atoms with Gasteiger partial charge in [0.1, 0.15) is 15.8 Å². The molecule has 150 valence electrons. The molecule has 0 spiro atoms. The van der Waals surface area contributed by atoms with Crippen LogP contribution in [0.15, 0.2) is 52.0 Å². The van der Waals surface area contributed by atoms with Gasteiger partial charge in [0.25, 0.3) is 0 Å². The SMILES string of the molecule is CCc1cc(N/N=C2/C(=O)C(C(=O)[O-])=Cc3ccccc32)c(S(=O)(=O)[O-])cc1Cl.[Sr+2]. The third kappa shape index (κ3) is 5.02. The van der Waals surface area contributed by atoms with E-state index in [-0.39, 0.29) is 61.9 Å². The van der Waals surface area contributed by atoms with Crippen LogP contribution >= 0.6 is 11.6 Å². The maximum Gasteiger partial charge on any atom is 2.00 e. The molecule has 2 aromatic rings. The zero-order chi connectivity index (χ0) is 21.3. The van der Waals surface area contributed by atoms with Gasteiger partial charge in [-0.2, -0.15) is 5.10 Å². The molecule has 1 N–H and O–H groups in total. The average Bonchev–Trinajstić information content (AvgIpc) is 2.66. The standard InChI is InChI=1S/C19H15ClN2O6S.Sr/c1-2-10-8-15(16(9-14(10)20)29(26,27)28)21-22-17-12-6-4-3-5-11(12)7-13(18(17)23)19(24)25;/h3-9,21H,2H2,1H3,(H,24,25)(H,26,27,28);/q;+2/p-2/b22-17+;. The first kappa shape index (κ1) is 24.7. The number of hydrogen-bond acceptors (Lipinski definition) is 8. The predicted molar refractivity (Wildman–Crippen MR) is 109 cm³/mol. The number of aryl methyl sites for hydroxylation is 1. The minimum absolute atomic E-state index is 0. The zero-order valence-electron chi connectivity index (χ0n) is 15.6. The molecule has 1 aliphatic carbocycles. The third-order valence-corrected chi connectivity index (χ3v) is 5.51. The summed E-state index contributed by atoms with van der Waals surface area (Å²) in [5.74, 6) is -2.58. The quantitative estimate of drug-likeness (QED) is 0.268. The number of nitrogens with zero attached hydrogens (tertiary/aromatic N) is 1. The van der Waals surface area contributed by atoms with E-state index in [0.29, 0.717) is 23.1 Å². The number of hydrogen-bond donors (Lipinski definition) is 1. The number of Topliss-reactive ketones (excluding diaryl/α,β-unsaturated/α-hetero) is 1. The number of fused-ring (bicyclic) bond motifs is 1. The fraction of sp³-hybridized carbons (Fsp3) is 0.105. The van der Waals surface area contributed by atoms with Crippen molar-refractivity contribution in [2.45, 2.75) is 18.2 Å². The van der Waals surface area contributed by atoms with Crippen LogP contribution in [0.1, 0.15) is 23.6 Å². The Bertz CT molecular complexity index is 1210.